The van der Waals surface area contributed by atoms with Crippen LogP contribution < -0.4 is 15.2 Å². The zero-order valence-electron chi connectivity index (χ0n) is 16.6. The van der Waals surface area contributed by atoms with Crippen LogP contribution >= 0.6 is 0 Å². The zero-order chi connectivity index (χ0) is 19.7. The molecule has 6 nitrogen and oxygen atoms in total. The number of amides is 1. The molecule has 2 heterocycles. The third kappa shape index (κ3) is 3.44. The molecule has 27 heavy (non-hydrogen) atoms. The van der Waals surface area contributed by atoms with E-state index in [1.165, 1.54) is 0 Å². The first-order chi connectivity index (χ1) is 12.8. The number of aryl methyl sites for hydroxylation is 1. The minimum absolute atomic E-state index is 0.0171. The molecule has 3 rings (SSSR count). The highest BCUT2D eigenvalue weighted by Gasteiger charge is 2.31. The molecule has 1 amide bonds. The molecule has 1 aromatic carbocycles. The number of aromatic nitrogens is 1. The van der Waals surface area contributed by atoms with Crippen LogP contribution in [0.4, 0.5) is 5.69 Å². The quantitative estimate of drug-likeness (QED) is 0.903. The summed E-state index contributed by atoms with van der Waals surface area (Å²) < 4.78 is 5.47. The second-order valence-electron chi connectivity index (χ2n) is 7.17. The lowest BCUT2D eigenvalue weighted by molar-refractivity contribution is 0.0671. The van der Waals surface area contributed by atoms with Gasteiger partial charge in [-0.05, 0) is 51.0 Å². The minimum Gasteiger partial charge on any atom is -0.495 e. The molecule has 6 heteroatoms. The van der Waals surface area contributed by atoms with Gasteiger partial charge in [-0.25, -0.2) is 0 Å². The number of nitrogens with zero attached hydrogens (tertiary/aromatic N) is 2. The van der Waals surface area contributed by atoms with Crippen LogP contribution in [-0.4, -0.2) is 48.6 Å². The van der Waals surface area contributed by atoms with E-state index in [0.29, 0.717) is 19.6 Å². The van der Waals surface area contributed by atoms with Gasteiger partial charge in [0.05, 0.1) is 12.8 Å². The average Bonchev–Trinajstić information content (AvgIpc) is 2.66. The first-order valence-corrected chi connectivity index (χ1v) is 9.24. The molecule has 1 N–H and O–H groups in total. The molecule has 1 atom stereocenters. The first-order valence-electron chi connectivity index (χ1n) is 9.24. The van der Waals surface area contributed by atoms with E-state index in [9.17, 15) is 9.59 Å². The number of H-pyrrole nitrogens is 1. The summed E-state index contributed by atoms with van der Waals surface area (Å²) in [5.41, 5.74) is 3.51. The second kappa shape index (κ2) is 7.47. The molecular weight excluding hydrogens is 342 g/mol. The molecule has 0 spiro atoms. The summed E-state index contributed by atoms with van der Waals surface area (Å²) in [6, 6.07) is 7.88. The number of nitrogens with one attached hydrogen (secondary N) is 1. The molecule has 2 aromatic rings. The zero-order valence-corrected chi connectivity index (χ0v) is 16.6. The van der Waals surface area contributed by atoms with Gasteiger partial charge in [0.25, 0.3) is 11.5 Å². The summed E-state index contributed by atoms with van der Waals surface area (Å²) in [4.78, 5) is 32.4. The van der Waals surface area contributed by atoms with Gasteiger partial charge in [-0.15, -0.1) is 0 Å². The molecule has 1 unspecified atom stereocenters. The van der Waals surface area contributed by atoms with Crippen molar-refractivity contribution in [1.82, 2.24) is 9.88 Å². The number of anilines is 1. The Bertz CT molecular complexity index is 919. The van der Waals surface area contributed by atoms with Gasteiger partial charge >= 0.3 is 0 Å². The van der Waals surface area contributed by atoms with Gasteiger partial charge in [0.1, 0.15) is 11.3 Å². The molecule has 1 fully saturated rings. The fraction of sp³-hybridized carbons (Fsp3) is 0.429. The third-order valence-corrected chi connectivity index (χ3v) is 5.56. The van der Waals surface area contributed by atoms with Gasteiger partial charge in [0.15, 0.2) is 0 Å². The van der Waals surface area contributed by atoms with Gasteiger partial charge in [-0.3, -0.25) is 9.59 Å². The van der Waals surface area contributed by atoms with Crippen molar-refractivity contribution in [2.24, 2.45) is 0 Å². The minimum atomic E-state index is -0.306. The van der Waals surface area contributed by atoms with Crippen molar-refractivity contribution in [2.45, 2.75) is 33.7 Å². The van der Waals surface area contributed by atoms with Crippen molar-refractivity contribution in [3.63, 3.8) is 0 Å². The number of rotatable bonds is 3. The van der Waals surface area contributed by atoms with E-state index in [-0.39, 0.29) is 23.1 Å². The van der Waals surface area contributed by atoms with E-state index < -0.39 is 0 Å². The van der Waals surface area contributed by atoms with Gasteiger partial charge < -0.3 is 19.5 Å². The van der Waals surface area contributed by atoms with Crippen molar-refractivity contribution in [3.8, 4) is 5.75 Å². The van der Waals surface area contributed by atoms with Crippen LogP contribution in [0.15, 0.2) is 29.1 Å². The van der Waals surface area contributed by atoms with Crippen LogP contribution in [0.2, 0.25) is 0 Å². The van der Waals surface area contributed by atoms with E-state index in [1.54, 1.807) is 12.0 Å². The Labute approximate surface area is 159 Å². The SMILES string of the molecule is COc1ccccc1N1CCN(C(=O)c2c(C)c(C)c(C)[nH]c2=O)C(C)C1. The van der Waals surface area contributed by atoms with Crippen LogP contribution in [-0.2, 0) is 0 Å². The van der Waals surface area contributed by atoms with E-state index >= 15 is 0 Å². The van der Waals surface area contributed by atoms with Crippen molar-refractivity contribution in [1.29, 1.82) is 0 Å². The second-order valence-corrected chi connectivity index (χ2v) is 7.17. The molecule has 0 radical (unpaired) electrons. The highest BCUT2D eigenvalue weighted by atomic mass is 16.5. The Morgan fingerprint density at radius 1 is 1.15 bits per heavy atom. The maximum Gasteiger partial charge on any atom is 0.261 e. The van der Waals surface area contributed by atoms with Gasteiger partial charge in [0.2, 0.25) is 0 Å². The number of ether oxygens (including phenoxy) is 1. The molecule has 1 aliphatic rings. The van der Waals surface area contributed by atoms with Crippen LogP contribution in [0.5, 0.6) is 5.75 Å². The predicted molar refractivity (Wildman–Crippen MR) is 107 cm³/mol. The van der Waals surface area contributed by atoms with Crippen LogP contribution in [0.1, 0.15) is 34.1 Å². The van der Waals surface area contributed by atoms with Crippen molar-refractivity contribution in [2.75, 3.05) is 31.6 Å². The highest BCUT2D eigenvalue weighted by molar-refractivity contribution is 5.96. The predicted octanol–water partition coefficient (Wildman–Crippen LogP) is 2.66. The van der Waals surface area contributed by atoms with Crippen LogP contribution in [0.25, 0.3) is 0 Å². The van der Waals surface area contributed by atoms with Crippen molar-refractivity contribution in [3.05, 3.63) is 57.0 Å². The lowest BCUT2D eigenvalue weighted by Gasteiger charge is -2.41. The topological polar surface area (TPSA) is 65.6 Å². The molecule has 0 saturated carbocycles. The molecule has 0 aliphatic carbocycles. The Hall–Kier alpha value is -2.76. The molecule has 1 aliphatic heterocycles. The number of piperazine rings is 1. The molecule has 0 bridgehead atoms. The third-order valence-electron chi connectivity index (χ3n) is 5.56. The van der Waals surface area contributed by atoms with E-state index in [4.69, 9.17) is 4.74 Å². The number of hydrogen-bond acceptors (Lipinski definition) is 4. The van der Waals surface area contributed by atoms with Crippen LogP contribution in [0.3, 0.4) is 0 Å². The molecular formula is C21H27N3O3. The Balaban J connectivity index is 1.84. The number of hydrogen-bond donors (Lipinski definition) is 1. The summed E-state index contributed by atoms with van der Waals surface area (Å²) in [5.74, 6) is 0.634. The lowest BCUT2D eigenvalue weighted by Crippen LogP contribution is -2.55. The lowest BCUT2D eigenvalue weighted by atomic mass is 10.0. The van der Waals surface area contributed by atoms with Gasteiger partial charge in [-0.2, -0.15) is 0 Å². The normalized spacial score (nSPS) is 17.1. The van der Waals surface area contributed by atoms with Crippen molar-refractivity contribution >= 4 is 11.6 Å². The van der Waals surface area contributed by atoms with E-state index in [2.05, 4.69) is 9.88 Å². The van der Waals surface area contributed by atoms with Gasteiger partial charge in [0, 0.05) is 31.4 Å². The Morgan fingerprint density at radius 3 is 2.52 bits per heavy atom. The number of methoxy groups -OCH3 is 1. The maximum absolute atomic E-state index is 13.1. The summed E-state index contributed by atoms with van der Waals surface area (Å²) in [5, 5.41) is 0. The number of carbonyl (C=O) groups is 1. The maximum atomic E-state index is 13.1. The van der Waals surface area contributed by atoms with E-state index in [1.807, 2.05) is 52.0 Å². The smallest absolute Gasteiger partial charge is 0.261 e. The summed E-state index contributed by atoms with van der Waals surface area (Å²) in [6.45, 7) is 9.59. The molecule has 1 saturated heterocycles. The summed E-state index contributed by atoms with van der Waals surface area (Å²) in [6.07, 6.45) is 0. The monoisotopic (exact) mass is 369 g/mol. The number of pyridine rings is 1. The molecule has 144 valence electrons. The number of carbonyl (C=O) groups excluding carboxylic acids is 1. The number of benzene rings is 1. The fourth-order valence-electron chi connectivity index (χ4n) is 3.74. The standard InChI is InChI=1S/C21H27N3O3/c1-13-12-23(17-8-6-7-9-18(17)27-5)10-11-24(13)21(26)19-15(3)14(2)16(4)22-20(19)25/h6-9,13H,10-12H2,1-5H3,(H,22,25). The first kappa shape index (κ1) is 19.0. The highest BCUT2D eigenvalue weighted by Crippen LogP contribution is 2.29. The summed E-state index contributed by atoms with van der Waals surface area (Å²) >= 11 is 0. The number of aromatic amines is 1. The van der Waals surface area contributed by atoms with Crippen molar-refractivity contribution < 1.29 is 9.53 Å². The largest absolute Gasteiger partial charge is 0.495 e. The number of para-hydroxylation sites is 2. The Kier molecular flexibility index (Phi) is 5.26. The fourth-order valence-corrected chi connectivity index (χ4v) is 3.74. The van der Waals surface area contributed by atoms with Gasteiger partial charge in [-0.1, -0.05) is 12.1 Å². The average molecular weight is 369 g/mol. The summed E-state index contributed by atoms with van der Waals surface area (Å²) in [7, 11) is 1.66. The van der Waals surface area contributed by atoms with E-state index in [0.717, 1.165) is 28.3 Å². The molecule has 1 aromatic heterocycles. The Morgan fingerprint density at radius 2 is 1.85 bits per heavy atom. The van der Waals surface area contributed by atoms with Crippen LogP contribution in [0, 0.1) is 20.8 Å².